The molecule has 2 aromatic rings. The number of aromatic nitrogens is 2. The van der Waals surface area contributed by atoms with Gasteiger partial charge in [-0.25, -0.2) is 9.97 Å². The van der Waals surface area contributed by atoms with Crippen molar-refractivity contribution in [3.05, 3.63) is 47.8 Å². The first-order valence-electron chi connectivity index (χ1n) is 7.96. The molecule has 2 rings (SSSR count). The van der Waals surface area contributed by atoms with Crippen LogP contribution in [0.1, 0.15) is 37.4 Å². The zero-order valence-electron chi connectivity index (χ0n) is 13.7. The number of nitrogens with zero attached hydrogens (tertiary/aromatic N) is 3. The van der Waals surface area contributed by atoms with Gasteiger partial charge in [0.25, 0.3) is 0 Å². The summed E-state index contributed by atoms with van der Waals surface area (Å²) in [7, 11) is 0. The Hall–Kier alpha value is -2.39. The molecule has 1 amide bonds. The molecule has 0 aromatic carbocycles. The Kier molecular flexibility index (Phi) is 7.24. The zero-order valence-corrected chi connectivity index (χ0v) is 14.5. The SMILES string of the molecule is CCCCc1ccc(C#N)c(SCCC(=O)Nc2ccccn2)n1. The normalized spacial score (nSPS) is 10.2. The molecular formula is C18H20N4OS. The molecule has 0 spiro atoms. The molecular weight excluding hydrogens is 320 g/mol. The maximum atomic E-state index is 11.9. The van der Waals surface area contributed by atoms with Crippen molar-refractivity contribution in [2.24, 2.45) is 0 Å². The van der Waals surface area contributed by atoms with Crippen molar-refractivity contribution < 1.29 is 4.79 Å². The Bertz CT molecular complexity index is 713. The number of hydrogen-bond donors (Lipinski definition) is 1. The van der Waals surface area contributed by atoms with Crippen LogP contribution in [0.4, 0.5) is 5.82 Å². The van der Waals surface area contributed by atoms with Crippen LogP contribution in [0.3, 0.4) is 0 Å². The van der Waals surface area contributed by atoms with Gasteiger partial charge in [-0.05, 0) is 37.1 Å². The summed E-state index contributed by atoms with van der Waals surface area (Å²) in [5.74, 6) is 1.02. The highest BCUT2D eigenvalue weighted by Crippen LogP contribution is 2.22. The molecule has 2 heterocycles. The van der Waals surface area contributed by atoms with Crippen molar-refractivity contribution in [1.82, 2.24) is 9.97 Å². The Labute approximate surface area is 146 Å². The molecule has 0 radical (unpaired) electrons. The van der Waals surface area contributed by atoms with E-state index in [4.69, 9.17) is 0 Å². The van der Waals surface area contributed by atoms with Crippen molar-refractivity contribution >= 4 is 23.5 Å². The number of pyridine rings is 2. The van der Waals surface area contributed by atoms with Crippen molar-refractivity contribution in [2.45, 2.75) is 37.6 Å². The van der Waals surface area contributed by atoms with Crippen LogP contribution in [0.15, 0.2) is 41.6 Å². The topological polar surface area (TPSA) is 78.7 Å². The van der Waals surface area contributed by atoms with Gasteiger partial charge in [-0.1, -0.05) is 19.4 Å². The molecule has 2 aromatic heterocycles. The molecule has 1 N–H and O–H groups in total. The predicted molar refractivity (Wildman–Crippen MR) is 95.8 cm³/mol. The van der Waals surface area contributed by atoms with Crippen LogP contribution in [-0.4, -0.2) is 21.6 Å². The molecule has 0 atom stereocenters. The first kappa shape index (κ1) is 18.0. The predicted octanol–water partition coefficient (Wildman–Crippen LogP) is 3.81. The molecule has 0 bridgehead atoms. The molecule has 0 fully saturated rings. The lowest BCUT2D eigenvalue weighted by molar-refractivity contribution is -0.115. The molecule has 24 heavy (non-hydrogen) atoms. The van der Waals surface area contributed by atoms with E-state index in [2.05, 4.69) is 28.3 Å². The smallest absolute Gasteiger partial charge is 0.226 e. The van der Waals surface area contributed by atoms with Gasteiger partial charge in [0.15, 0.2) is 0 Å². The summed E-state index contributed by atoms with van der Waals surface area (Å²) in [6.45, 7) is 2.14. The van der Waals surface area contributed by atoms with E-state index in [0.717, 1.165) is 25.0 Å². The summed E-state index contributed by atoms with van der Waals surface area (Å²) in [6, 6.07) is 11.3. The molecule has 6 heteroatoms. The number of nitriles is 1. The summed E-state index contributed by atoms with van der Waals surface area (Å²) in [6.07, 6.45) is 5.07. The summed E-state index contributed by atoms with van der Waals surface area (Å²) >= 11 is 1.44. The van der Waals surface area contributed by atoms with Crippen LogP contribution < -0.4 is 5.32 Å². The van der Waals surface area contributed by atoms with Gasteiger partial charge < -0.3 is 5.32 Å². The summed E-state index contributed by atoms with van der Waals surface area (Å²) in [4.78, 5) is 20.5. The van der Waals surface area contributed by atoms with E-state index in [1.165, 1.54) is 11.8 Å². The van der Waals surface area contributed by atoms with E-state index >= 15 is 0 Å². The maximum Gasteiger partial charge on any atom is 0.226 e. The Morgan fingerprint density at radius 2 is 2.21 bits per heavy atom. The number of thioether (sulfide) groups is 1. The summed E-state index contributed by atoms with van der Waals surface area (Å²) < 4.78 is 0. The van der Waals surface area contributed by atoms with Crippen LogP contribution >= 0.6 is 11.8 Å². The largest absolute Gasteiger partial charge is 0.311 e. The minimum Gasteiger partial charge on any atom is -0.311 e. The number of nitrogens with one attached hydrogen (secondary N) is 1. The molecule has 0 aliphatic rings. The van der Waals surface area contributed by atoms with Gasteiger partial charge in [0.2, 0.25) is 5.91 Å². The average Bonchev–Trinajstić information content (AvgIpc) is 2.61. The molecule has 0 aliphatic heterocycles. The highest BCUT2D eigenvalue weighted by atomic mass is 32.2. The third kappa shape index (κ3) is 5.67. The molecule has 0 aliphatic carbocycles. The van der Waals surface area contributed by atoms with Crippen LogP contribution in [0, 0.1) is 11.3 Å². The van der Waals surface area contributed by atoms with Crippen molar-refractivity contribution in [2.75, 3.05) is 11.1 Å². The number of rotatable bonds is 8. The monoisotopic (exact) mass is 340 g/mol. The standard InChI is InChI=1S/C18H20N4OS/c1-2-3-6-15-9-8-14(13-19)18(21-15)24-12-10-17(23)22-16-7-4-5-11-20-16/h4-5,7-9,11H,2-3,6,10,12H2,1H3,(H,20,22,23). The lowest BCUT2D eigenvalue weighted by Gasteiger charge is -2.07. The van der Waals surface area contributed by atoms with E-state index in [-0.39, 0.29) is 5.91 Å². The van der Waals surface area contributed by atoms with Gasteiger partial charge in [-0.2, -0.15) is 5.26 Å². The van der Waals surface area contributed by atoms with Crippen LogP contribution in [0.25, 0.3) is 0 Å². The third-order valence-corrected chi connectivity index (χ3v) is 4.32. The second-order valence-corrected chi connectivity index (χ2v) is 6.32. The second kappa shape index (κ2) is 9.68. The number of anilines is 1. The minimum absolute atomic E-state index is 0.0955. The van der Waals surface area contributed by atoms with Crippen LogP contribution in [0.5, 0.6) is 0 Å². The van der Waals surface area contributed by atoms with E-state index in [9.17, 15) is 10.1 Å². The average molecular weight is 340 g/mol. The molecule has 0 saturated carbocycles. The number of aryl methyl sites for hydroxylation is 1. The number of carbonyl (C=O) groups is 1. The number of amides is 1. The fourth-order valence-electron chi connectivity index (χ4n) is 2.05. The first-order valence-corrected chi connectivity index (χ1v) is 8.95. The Balaban J connectivity index is 1.88. The lowest BCUT2D eigenvalue weighted by atomic mass is 10.2. The van der Waals surface area contributed by atoms with Gasteiger partial charge in [-0.3, -0.25) is 4.79 Å². The van der Waals surface area contributed by atoms with Gasteiger partial charge in [0, 0.05) is 24.1 Å². The van der Waals surface area contributed by atoms with Gasteiger partial charge in [0.05, 0.1) is 5.56 Å². The Morgan fingerprint density at radius 1 is 1.33 bits per heavy atom. The highest BCUT2D eigenvalue weighted by molar-refractivity contribution is 7.99. The van der Waals surface area contributed by atoms with E-state index < -0.39 is 0 Å². The van der Waals surface area contributed by atoms with Crippen LogP contribution in [0.2, 0.25) is 0 Å². The van der Waals surface area contributed by atoms with Gasteiger partial charge >= 0.3 is 0 Å². The summed E-state index contributed by atoms with van der Waals surface area (Å²) in [5.41, 5.74) is 1.56. The zero-order chi connectivity index (χ0) is 17.2. The lowest BCUT2D eigenvalue weighted by Crippen LogP contribution is -2.13. The number of carbonyl (C=O) groups excluding carboxylic acids is 1. The minimum atomic E-state index is -0.0955. The van der Waals surface area contributed by atoms with Crippen molar-refractivity contribution in [3.63, 3.8) is 0 Å². The van der Waals surface area contributed by atoms with Crippen molar-refractivity contribution in [1.29, 1.82) is 5.26 Å². The molecule has 0 saturated heterocycles. The first-order chi connectivity index (χ1) is 11.7. The maximum absolute atomic E-state index is 11.9. The van der Waals surface area contributed by atoms with Crippen molar-refractivity contribution in [3.8, 4) is 6.07 Å². The quantitative estimate of drug-likeness (QED) is 0.739. The number of unbranched alkanes of at least 4 members (excludes halogenated alkanes) is 1. The van der Waals surface area contributed by atoms with E-state index in [1.54, 1.807) is 18.3 Å². The third-order valence-electron chi connectivity index (χ3n) is 3.33. The van der Waals surface area contributed by atoms with Crippen LogP contribution in [-0.2, 0) is 11.2 Å². The van der Waals surface area contributed by atoms with E-state index in [0.29, 0.717) is 28.6 Å². The Morgan fingerprint density at radius 3 is 2.92 bits per heavy atom. The van der Waals surface area contributed by atoms with Gasteiger partial charge in [0.1, 0.15) is 16.9 Å². The molecule has 0 unspecified atom stereocenters. The number of hydrogen-bond acceptors (Lipinski definition) is 5. The van der Waals surface area contributed by atoms with E-state index in [1.807, 2.05) is 18.2 Å². The fraction of sp³-hybridized carbons (Fsp3) is 0.333. The molecule has 5 nitrogen and oxygen atoms in total. The fourth-order valence-corrected chi connectivity index (χ4v) is 2.99. The van der Waals surface area contributed by atoms with Gasteiger partial charge in [-0.15, -0.1) is 11.8 Å². The summed E-state index contributed by atoms with van der Waals surface area (Å²) in [5, 5.41) is 12.7. The molecule has 124 valence electrons. The second-order valence-electron chi connectivity index (χ2n) is 5.23. The highest BCUT2D eigenvalue weighted by Gasteiger charge is 2.09.